The number of likely N-dealkylation sites (tertiary alicyclic amines) is 1. The van der Waals surface area contributed by atoms with Gasteiger partial charge in [0, 0.05) is 56.2 Å². The molecular formula is C18H23N5. The average molecular weight is 309 g/mol. The summed E-state index contributed by atoms with van der Waals surface area (Å²) in [6, 6.07) is 9.48. The van der Waals surface area contributed by atoms with E-state index in [9.17, 15) is 0 Å². The molecular weight excluding hydrogens is 286 g/mol. The molecule has 0 aromatic carbocycles. The van der Waals surface area contributed by atoms with Crippen LogP contribution in [0.3, 0.4) is 0 Å². The standard InChI is InChI=1S/C18H23N5/c1-2-9-20-15(3-1)7-11-22-12-8-17(13-22)23(16-4-5-16)18-6-10-19-14-21-18/h1-3,6,9-10,14,16-17H,4-5,7-8,11-13H2. The van der Waals surface area contributed by atoms with Gasteiger partial charge in [0.05, 0.1) is 0 Å². The smallest absolute Gasteiger partial charge is 0.132 e. The van der Waals surface area contributed by atoms with Crippen molar-refractivity contribution in [1.82, 2.24) is 19.9 Å². The van der Waals surface area contributed by atoms with Crippen LogP contribution in [0.15, 0.2) is 43.0 Å². The minimum atomic E-state index is 0.584. The first-order valence-electron chi connectivity index (χ1n) is 8.57. The maximum Gasteiger partial charge on any atom is 0.132 e. The lowest BCUT2D eigenvalue weighted by atomic mass is 10.2. The Bertz CT molecular complexity index is 614. The Morgan fingerprint density at radius 2 is 2.00 bits per heavy atom. The number of hydrogen-bond acceptors (Lipinski definition) is 5. The summed E-state index contributed by atoms with van der Waals surface area (Å²) >= 11 is 0. The predicted octanol–water partition coefficient (Wildman–Crippen LogP) is 2.16. The predicted molar refractivity (Wildman–Crippen MR) is 90.3 cm³/mol. The van der Waals surface area contributed by atoms with Crippen LogP contribution in [0.5, 0.6) is 0 Å². The summed E-state index contributed by atoms with van der Waals surface area (Å²) in [5, 5.41) is 0. The van der Waals surface area contributed by atoms with Gasteiger partial charge in [-0.15, -0.1) is 0 Å². The van der Waals surface area contributed by atoms with Gasteiger partial charge < -0.3 is 9.80 Å². The summed E-state index contributed by atoms with van der Waals surface area (Å²) in [6.07, 6.45) is 10.3. The maximum atomic E-state index is 4.49. The fourth-order valence-electron chi connectivity index (χ4n) is 3.52. The van der Waals surface area contributed by atoms with Crippen molar-refractivity contribution in [1.29, 1.82) is 0 Å². The average Bonchev–Trinajstić information content (AvgIpc) is 3.33. The summed E-state index contributed by atoms with van der Waals surface area (Å²) in [7, 11) is 0. The lowest BCUT2D eigenvalue weighted by molar-refractivity contribution is 0.335. The van der Waals surface area contributed by atoms with Gasteiger partial charge >= 0.3 is 0 Å². The molecule has 1 aliphatic heterocycles. The summed E-state index contributed by atoms with van der Waals surface area (Å²) in [4.78, 5) is 18.1. The zero-order chi connectivity index (χ0) is 15.5. The molecule has 120 valence electrons. The molecule has 0 amide bonds. The van der Waals surface area contributed by atoms with E-state index in [1.165, 1.54) is 31.5 Å². The van der Waals surface area contributed by atoms with Crippen molar-refractivity contribution in [2.75, 3.05) is 24.5 Å². The number of nitrogens with zero attached hydrogens (tertiary/aromatic N) is 5. The molecule has 2 fully saturated rings. The Labute approximate surface area is 137 Å². The quantitative estimate of drug-likeness (QED) is 0.818. The first-order chi connectivity index (χ1) is 11.4. The van der Waals surface area contributed by atoms with E-state index in [0.717, 1.165) is 25.3 Å². The summed E-state index contributed by atoms with van der Waals surface area (Å²) in [5.74, 6) is 1.10. The van der Waals surface area contributed by atoms with Crippen LogP contribution in [0.2, 0.25) is 0 Å². The molecule has 2 aromatic heterocycles. The highest BCUT2D eigenvalue weighted by Gasteiger charge is 2.37. The normalized spacial score (nSPS) is 21.5. The van der Waals surface area contributed by atoms with Crippen LogP contribution in [0.1, 0.15) is 25.0 Å². The van der Waals surface area contributed by atoms with Crippen molar-refractivity contribution < 1.29 is 0 Å². The van der Waals surface area contributed by atoms with Gasteiger partial charge in [0.25, 0.3) is 0 Å². The molecule has 5 heteroatoms. The van der Waals surface area contributed by atoms with Gasteiger partial charge in [-0.1, -0.05) is 6.07 Å². The highest BCUT2D eigenvalue weighted by atomic mass is 15.3. The number of rotatable bonds is 6. The third-order valence-electron chi connectivity index (χ3n) is 4.82. The molecule has 1 aliphatic carbocycles. The highest BCUT2D eigenvalue weighted by Crippen LogP contribution is 2.34. The van der Waals surface area contributed by atoms with Gasteiger partial charge in [-0.05, 0) is 37.5 Å². The van der Waals surface area contributed by atoms with E-state index < -0.39 is 0 Å². The number of aromatic nitrogens is 3. The molecule has 2 aliphatic rings. The van der Waals surface area contributed by atoms with Crippen LogP contribution in [0, 0.1) is 0 Å². The van der Waals surface area contributed by atoms with Crippen LogP contribution in [0.4, 0.5) is 5.82 Å². The van der Waals surface area contributed by atoms with Crippen molar-refractivity contribution in [2.45, 2.75) is 37.8 Å². The van der Waals surface area contributed by atoms with Crippen molar-refractivity contribution in [3.8, 4) is 0 Å². The van der Waals surface area contributed by atoms with E-state index in [0.29, 0.717) is 12.1 Å². The van der Waals surface area contributed by atoms with Gasteiger partial charge in [-0.25, -0.2) is 9.97 Å². The first-order valence-corrected chi connectivity index (χ1v) is 8.57. The molecule has 0 spiro atoms. The molecule has 0 bridgehead atoms. The van der Waals surface area contributed by atoms with Crippen LogP contribution in [0.25, 0.3) is 0 Å². The first kappa shape index (κ1) is 14.6. The van der Waals surface area contributed by atoms with Gasteiger partial charge in [-0.2, -0.15) is 0 Å². The van der Waals surface area contributed by atoms with Crippen molar-refractivity contribution in [2.24, 2.45) is 0 Å². The second kappa shape index (κ2) is 6.62. The van der Waals surface area contributed by atoms with E-state index in [2.05, 4.69) is 43.0 Å². The van der Waals surface area contributed by atoms with Crippen LogP contribution >= 0.6 is 0 Å². The van der Waals surface area contributed by atoms with E-state index in [4.69, 9.17) is 0 Å². The largest absolute Gasteiger partial charge is 0.349 e. The summed E-state index contributed by atoms with van der Waals surface area (Å²) in [6.45, 7) is 3.40. The molecule has 23 heavy (non-hydrogen) atoms. The highest BCUT2D eigenvalue weighted by molar-refractivity contribution is 5.42. The zero-order valence-electron chi connectivity index (χ0n) is 13.4. The monoisotopic (exact) mass is 309 g/mol. The Morgan fingerprint density at radius 3 is 2.74 bits per heavy atom. The van der Waals surface area contributed by atoms with Gasteiger partial charge in [0.1, 0.15) is 12.1 Å². The van der Waals surface area contributed by atoms with Crippen molar-refractivity contribution in [3.05, 3.63) is 48.7 Å². The fourth-order valence-corrected chi connectivity index (χ4v) is 3.52. The van der Waals surface area contributed by atoms with Crippen LogP contribution in [-0.2, 0) is 6.42 Å². The van der Waals surface area contributed by atoms with Gasteiger partial charge in [-0.3, -0.25) is 4.98 Å². The van der Waals surface area contributed by atoms with Crippen LogP contribution in [-0.4, -0.2) is 51.6 Å². The van der Waals surface area contributed by atoms with E-state index in [1.54, 1.807) is 6.33 Å². The third-order valence-corrected chi connectivity index (χ3v) is 4.82. The Kier molecular flexibility index (Phi) is 4.20. The SMILES string of the molecule is c1ccc(CCN2CCC(N(c3ccncn3)C3CC3)C2)nc1. The molecule has 1 atom stereocenters. The molecule has 2 aromatic rings. The molecule has 1 unspecified atom stereocenters. The summed E-state index contributed by atoms with van der Waals surface area (Å²) < 4.78 is 0. The molecule has 1 saturated heterocycles. The third kappa shape index (κ3) is 3.50. The Balaban J connectivity index is 1.37. The Morgan fingerprint density at radius 1 is 1.04 bits per heavy atom. The lowest BCUT2D eigenvalue weighted by Crippen LogP contribution is -2.40. The minimum Gasteiger partial charge on any atom is -0.349 e. The molecule has 3 heterocycles. The molecule has 1 saturated carbocycles. The van der Waals surface area contributed by atoms with Gasteiger partial charge in [0.2, 0.25) is 0 Å². The molecule has 5 nitrogen and oxygen atoms in total. The maximum absolute atomic E-state index is 4.49. The second-order valence-corrected chi connectivity index (χ2v) is 6.52. The van der Waals surface area contributed by atoms with E-state index >= 15 is 0 Å². The fraction of sp³-hybridized carbons (Fsp3) is 0.500. The van der Waals surface area contributed by atoms with E-state index in [1.807, 2.05) is 18.5 Å². The number of pyridine rings is 1. The minimum absolute atomic E-state index is 0.584. The van der Waals surface area contributed by atoms with E-state index in [-0.39, 0.29) is 0 Å². The molecule has 0 N–H and O–H groups in total. The molecule has 0 radical (unpaired) electrons. The van der Waals surface area contributed by atoms with Gasteiger partial charge in [0.15, 0.2) is 0 Å². The number of anilines is 1. The number of hydrogen-bond donors (Lipinski definition) is 0. The van der Waals surface area contributed by atoms with Crippen molar-refractivity contribution >= 4 is 5.82 Å². The molecule has 4 rings (SSSR count). The lowest BCUT2D eigenvalue weighted by Gasteiger charge is -2.30. The topological polar surface area (TPSA) is 45.2 Å². The zero-order valence-corrected chi connectivity index (χ0v) is 13.4. The van der Waals surface area contributed by atoms with Crippen LogP contribution < -0.4 is 4.90 Å². The second-order valence-electron chi connectivity index (χ2n) is 6.52. The summed E-state index contributed by atoms with van der Waals surface area (Å²) in [5.41, 5.74) is 1.19. The van der Waals surface area contributed by atoms with Crippen molar-refractivity contribution in [3.63, 3.8) is 0 Å². The Hall–Kier alpha value is -2.01.